The molecule has 1 fully saturated rings. The van der Waals surface area contributed by atoms with Gasteiger partial charge in [-0.05, 0) is 30.5 Å². The van der Waals surface area contributed by atoms with Crippen molar-refractivity contribution in [2.24, 2.45) is 0 Å². The molecule has 0 aliphatic heterocycles. The summed E-state index contributed by atoms with van der Waals surface area (Å²) in [6.07, 6.45) is 2.71. The standard InChI is InChI=1S/C15H23ClN2/c1-15(2,12-3-5-13(16)6-4-12)11-17-9-10-18-14-7-8-14/h3-6,14,17-18H,7-11H2,1-2H3. The molecular weight excluding hydrogens is 244 g/mol. The minimum atomic E-state index is 0.143. The van der Waals surface area contributed by atoms with Gasteiger partial charge in [-0.25, -0.2) is 0 Å². The third kappa shape index (κ3) is 4.27. The van der Waals surface area contributed by atoms with Crippen LogP contribution in [0.15, 0.2) is 24.3 Å². The van der Waals surface area contributed by atoms with Crippen LogP contribution in [0.1, 0.15) is 32.3 Å². The molecule has 0 heterocycles. The minimum absolute atomic E-state index is 0.143. The second kappa shape index (κ2) is 6.05. The van der Waals surface area contributed by atoms with E-state index in [0.717, 1.165) is 30.7 Å². The van der Waals surface area contributed by atoms with Crippen LogP contribution in [0.4, 0.5) is 0 Å². The summed E-state index contributed by atoms with van der Waals surface area (Å²) in [7, 11) is 0. The van der Waals surface area contributed by atoms with Gasteiger partial charge >= 0.3 is 0 Å². The summed E-state index contributed by atoms with van der Waals surface area (Å²) in [6.45, 7) is 7.62. The van der Waals surface area contributed by atoms with Gasteiger partial charge in [0.05, 0.1) is 0 Å². The van der Waals surface area contributed by atoms with Gasteiger partial charge in [-0.3, -0.25) is 0 Å². The molecule has 1 aromatic rings. The van der Waals surface area contributed by atoms with Crippen molar-refractivity contribution in [3.05, 3.63) is 34.9 Å². The summed E-state index contributed by atoms with van der Waals surface area (Å²) < 4.78 is 0. The number of halogens is 1. The Morgan fingerprint density at radius 3 is 2.44 bits per heavy atom. The summed E-state index contributed by atoms with van der Waals surface area (Å²) in [5.74, 6) is 0. The van der Waals surface area contributed by atoms with Crippen molar-refractivity contribution in [2.45, 2.75) is 38.1 Å². The van der Waals surface area contributed by atoms with E-state index in [1.807, 2.05) is 12.1 Å². The van der Waals surface area contributed by atoms with Crippen molar-refractivity contribution in [3.8, 4) is 0 Å². The third-order valence-electron chi connectivity index (χ3n) is 3.50. The molecule has 2 rings (SSSR count). The Bertz CT molecular complexity index is 369. The first kappa shape index (κ1) is 13.9. The van der Waals surface area contributed by atoms with Crippen molar-refractivity contribution < 1.29 is 0 Å². The van der Waals surface area contributed by atoms with Gasteiger partial charge in [-0.2, -0.15) is 0 Å². The Labute approximate surface area is 115 Å². The molecule has 1 aliphatic carbocycles. The number of hydrogen-bond acceptors (Lipinski definition) is 2. The van der Waals surface area contributed by atoms with Gasteiger partial charge in [0.25, 0.3) is 0 Å². The van der Waals surface area contributed by atoms with Crippen LogP contribution in [-0.4, -0.2) is 25.7 Å². The van der Waals surface area contributed by atoms with Gasteiger partial charge in [0.1, 0.15) is 0 Å². The largest absolute Gasteiger partial charge is 0.315 e. The summed E-state index contributed by atoms with van der Waals surface area (Å²) in [6, 6.07) is 8.97. The second-order valence-corrected chi connectivity index (χ2v) is 6.23. The molecule has 0 radical (unpaired) electrons. The van der Waals surface area contributed by atoms with Crippen molar-refractivity contribution >= 4 is 11.6 Å². The molecular formula is C15H23ClN2. The molecule has 1 saturated carbocycles. The molecule has 1 aromatic carbocycles. The summed E-state index contributed by atoms with van der Waals surface area (Å²) in [4.78, 5) is 0. The van der Waals surface area contributed by atoms with Crippen LogP contribution < -0.4 is 10.6 Å². The fourth-order valence-corrected chi connectivity index (χ4v) is 2.18. The second-order valence-electron chi connectivity index (χ2n) is 5.80. The Kier molecular flexibility index (Phi) is 4.66. The normalized spacial score (nSPS) is 15.9. The van der Waals surface area contributed by atoms with Gasteiger partial charge in [0.2, 0.25) is 0 Å². The topological polar surface area (TPSA) is 24.1 Å². The van der Waals surface area contributed by atoms with Crippen molar-refractivity contribution in [3.63, 3.8) is 0 Å². The molecule has 2 nitrogen and oxygen atoms in total. The van der Waals surface area contributed by atoms with Gasteiger partial charge < -0.3 is 10.6 Å². The molecule has 0 unspecified atom stereocenters. The van der Waals surface area contributed by atoms with Crippen LogP contribution >= 0.6 is 11.6 Å². The number of benzene rings is 1. The zero-order valence-corrected chi connectivity index (χ0v) is 12.1. The number of nitrogens with one attached hydrogen (secondary N) is 2. The molecule has 100 valence electrons. The predicted molar refractivity (Wildman–Crippen MR) is 78.4 cm³/mol. The maximum absolute atomic E-state index is 5.92. The molecule has 0 aromatic heterocycles. The maximum Gasteiger partial charge on any atom is 0.0406 e. The zero-order valence-electron chi connectivity index (χ0n) is 11.3. The highest BCUT2D eigenvalue weighted by Crippen LogP contribution is 2.23. The first-order valence-corrected chi connectivity index (χ1v) is 7.16. The summed E-state index contributed by atoms with van der Waals surface area (Å²) >= 11 is 5.92. The Hall–Kier alpha value is -0.570. The van der Waals surface area contributed by atoms with E-state index >= 15 is 0 Å². The zero-order chi connectivity index (χ0) is 13.0. The fourth-order valence-electron chi connectivity index (χ4n) is 2.06. The molecule has 0 atom stereocenters. The van der Waals surface area contributed by atoms with Crippen LogP contribution in [0.5, 0.6) is 0 Å². The number of rotatable bonds is 7. The molecule has 3 heteroatoms. The van der Waals surface area contributed by atoms with Crippen molar-refractivity contribution in [1.29, 1.82) is 0 Å². The monoisotopic (exact) mass is 266 g/mol. The van der Waals surface area contributed by atoms with Crippen LogP contribution in [0.2, 0.25) is 5.02 Å². The number of hydrogen-bond donors (Lipinski definition) is 2. The van der Waals surface area contributed by atoms with Crippen LogP contribution in [-0.2, 0) is 5.41 Å². The van der Waals surface area contributed by atoms with Gasteiger partial charge in [-0.1, -0.05) is 37.6 Å². The lowest BCUT2D eigenvalue weighted by atomic mass is 9.84. The van der Waals surface area contributed by atoms with E-state index in [-0.39, 0.29) is 5.41 Å². The average molecular weight is 267 g/mol. The lowest BCUT2D eigenvalue weighted by molar-refractivity contribution is 0.464. The predicted octanol–water partition coefficient (Wildman–Crippen LogP) is 2.96. The van der Waals surface area contributed by atoms with Crippen molar-refractivity contribution in [2.75, 3.05) is 19.6 Å². The van der Waals surface area contributed by atoms with E-state index < -0.39 is 0 Å². The van der Waals surface area contributed by atoms with Crippen molar-refractivity contribution in [1.82, 2.24) is 10.6 Å². The van der Waals surface area contributed by atoms with Crippen LogP contribution in [0.3, 0.4) is 0 Å². The molecule has 0 amide bonds. The maximum atomic E-state index is 5.92. The fraction of sp³-hybridized carbons (Fsp3) is 0.600. The SMILES string of the molecule is CC(C)(CNCCNC1CC1)c1ccc(Cl)cc1. The van der Waals surface area contributed by atoms with Gasteiger partial charge in [-0.15, -0.1) is 0 Å². The summed E-state index contributed by atoms with van der Waals surface area (Å²) in [5, 5.41) is 7.84. The average Bonchev–Trinajstić information content (AvgIpc) is 3.13. The van der Waals surface area contributed by atoms with E-state index in [9.17, 15) is 0 Å². The lowest BCUT2D eigenvalue weighted by Crippen LogP contribution is -2.37. The molecule has 18 heavy (non-hydrogen) atoms. The molecule has 2 N–H and O–H groups in total. The van der Waals surface area contributed by atoms with Gasteiger partial charge in [0, 0.05) is 36.1 Å². The van der Waals surface area contributed by atoms with E-state index in [0.29, 0.717) is 0 Å². The Balaban J connectivity index is 1.73. The first-order valence-electron chi connectivity index (χ1n) is 6.78. The Morgan fingerprint density at radius 1 is 1.17 bits per heavy atom. The van der Waals surface area contributed by atoms with Crippen LogP contribution in [0.25, 0.3) is 0 Å². The smallest absolute Gasteiger partial charge is 0.0406 e. The van der Waals surface area contributed by atoms with E-state index in [4.69, 9.17) is 11.6 Å². The van der Waals surface area contributed by atoms with Crippen LogP contribution in [0, 0.1) is 0 Å². The third-order valence-corrected chi connectivity index (χ3v) is 3.76. The van der Waals surface area contributed by atoms with E-state index in [1.54, 1.807) is 0 Å². The molecule has 1 aliphatic rings. The quantitative estimate of drug-likeness (QED) is 0.742. The summed E-state index contributed by atoms with van der Waals surface area (Å²) in [5.41, 5.74) is 1.47. The first-order chi connectivity index (χ1) is 8.58. The van der Waals surface area contributed by atoms with E-state index in [2.05, 4.69) is 36.6 Å². The minimum Gasteiger partial charge on any atom is -0.315 e. The highest BCUT2D eigenvalue weighted by molar-refractivity contribution is 6.30. The molecule has 0 bridgehead atoms. The highest BCUT2D eigenvalue weighted by Gasteiger charge is 2.21. The Morgan fingerprint density at radius 2 is 1.83 bits per heavy atom. The highest BCUT2D eigenvalue weighted by atomic mass is 35.5. The van der Waals surface area contributed by atoms with Gasteiger partial charge in [0.15, 0.2) is 0 Å². The van der Waals surface area contributed by atoms with E-state index in [1.165, 1.54) is 18.4 Å². The lowest BCUT2D eigenvalue weighted by Gasteiger charge is -2.26. The molecule has 0 saturated heterocycles. The molecule has 0 spiro atoms.